The molecule has 2 N–H and O–H groups in total. The van der Waals surface area contributed by atoms with Gasteiger partial charge >= 0.3 is 5.24 Å². The number of sulfone groups is 1. The minimum absolute atomic E-state index is 0.129. The Morgan fingerprint density at radius 1 is 1.06 bits per heavy atom. The highest BCUT2D eigenvalue weighted by Crippen LogP contribution is 2.42. The van der Waals surface area contributed by atoms with Gasteiger partial charge in [-0.25, -0.2) is 8.42 Å². The van der Waals surface area contributed by atoms with E-state index in [2.05, 4.69) is 16.3 Å². The van der Waals surface area contributed by atoms with Crippen LogP contribution in [-0.4, -0.2) is 60.5 Å². The maximum absolute atomic E-state index is 13.2. The number of hydrogen-bond acceptors (Lipinski definition) is 6. The van der Waals surface area contributed by atoms with Gasteiger partial charge in [-0.05, 0) is 75.1 Å². The largest absolute Gasteiger partial charge is 0.356 e. The second-order valence-corrected chi connectivity index (χ2v) is 10.7. The number of rotatable bonds is 7. The summed E-state index contributed by atoms with van der Waals surface area (Å²) in [6.07, 6.45) is 7.46. The Morgan fingerprint density at radius 2 is 1.76 bits per heavy atom. The van der Waals surface area contributed by atoms with Gasteiger partial charge in [-0.1, -0.05) is 18.2 Å². The van der Waals surface area contributed by atoms with Gasteiger partial charge in [0, 0.05) is 31.4 Å². The van der Waals surface area contributed by atoms with E-state index in [0.29, 0.717) is 13.1 Å². The van der Waals surface area contributed by atoms with Crippen LogP contribution in [0.4, 0.5) is 4.79 Å². The van der Waals surface area contributed by atoms with E-state index < -0.39 is 15.1 Å². The molecule has 2 saturated heterocycles. The summed E-state index contributed by atoms with van der Waals surface area (Å²) >= 11 is 0. The number of nitrogens with two attached hydrogens (primary N) is 1. The first-order valence-corrected chi connectivity index (χ1v) is 12.7. The molecule has 1 aromatic carbocycles. The van der Waals surface area contributed by atoms with Crippen molar-refractivity contribution in [2.75, 3.05) is 26.2 Å². The Bertz CT molecular complexity index is 1100. The Labute approximate surface area is 194 Å². The van der Waals surface area contributed by atoms with Crippen molar-refractivity contribution in [1.82, 2.24) is 14.8 Å². The molecule has 0 atom stereocenters. The van der Waals surface area contributed by atoms with Crippen LogP contribution in [0.5, 0.6) is 0 Å². The van der Waals surface area contributed by atoms with Crippen molar-refractivity contribution in [3.63, 3.8) is 0 Å². The maximum atomic E-state index is 13.2. The number of primary amides is 1. The molecular formula is C24H29N4O4S. The van der Waals surface area contributed by atoms with Crippen LogP contribution >= 0.6 is 0 Å². The minimum atomic E-state index is -4.13. The van der Waals surface area contributed by atoms with Gasteiger partial charge in [-0.15, -0.1) is 0 Å². The van der Waals surface area contributed by atoms with Crippen LogP contribution in [0, 0.1) is 11.8 Å². The fourth-order valence-electron chi connectivity index (χ4n) is 4.71. The fourth-order valence-corrected chi connectivity index (χ4v) is 5.44. The van der Waals surface area contributed by atoms with Crippen LogP contribution < -0.4 is 5.73 Å². The van der Waals surface area contributed by atoms with Crippen LogP contribution in [0.3, 0.4) is 0 Å². The average molecular weight is 470 g/mol. The van der Waals surface area contributed by atoms with Crippen LogP contribution in [0.15, 0.2) is 53.6 Å². The van der Waals surface area contributed by atoms with Crippen LogP contribution in [0.1, 0.15) is 36.9 Å². The zero-order valence-electron chi connectivity index (χ0n) is 18.5. The molecule has 175 valence electrons. The summed E-state index contributed by atoms with van der Waals surface area (Å²) in [7, 11) is -4.13. The maximum Gasteiger partial charge on any atom is 0.338 e. The molecule has 2 aliphatic heterocycles. The minimum Gasteiger partial charge on any atom is -0.356 e. The van der Waals surface area contributed by atoms with Crippen LogP contribution in [0.25, 0.3) is 0 Å². The zero-order chi connectivity index (χ0) is 23.5. The van der Waals surface area contributed by atoms with E-state index in [9.17, 15) is 18.0 Å². The molecule has 4 rings (SSSR count). The van der Waals surface area contributed by atoms with Gasteiger partial charge < -0.3 is 15.5 Å². The molecule has 2 amide bonds. The van der Waals surface area contributed by atoms with E-state index in [1.165, 1.54) is 12.1 Å². The third-order valence-electron chi connectivity index (χ3n) is 6.77. The van der Waals surface area contributed by atoms with Gasteiger partial charge in [0.05, 0.1) is 10.3 Å². The standard InChI is InChI=1S/C24H29N4O4S/c25-23(30)33(31,32)21-8-6-19(7-9-21)18-28-17-12-24(22(28)29)10-15-27(16-11-24)14-3-5-20-4-1-2-13-26-20/h1-2,4-9,13H,3,10-12,14-18H2,(H2,25,30). The molecular weight excluding hydrogens is 440 g/mol. The number of pyridine rings is 1. The first kappa shape index (κ1) is 23.4. The van der Waals surface area contributed by atoms with E-state index in [4.69, 9.17) is 5.73 Å². The Hall–Kier alpha value is -2.78. The molecule has 2 aliphatic rings. The molecule has 2 aromatic rings. The van der Waals surface area contributed by atoms with Gasteiger partial charge in [-0.2, -0.15) is 0 Å². The number of nitrogens with zero attached hydrogens (tertiary/aromatic N) is 3. The number of likely N-dealkylation sites (tertiary alicyclic amines) is 2. The molecule has 1 aromatic heterocycles. The Kier molecular flexibility index (Phi) is 6.81. The summed E-state index contributed by atoms with van der Waals surface area (Å²) < 4.78 is 23.7. The van der Waals surface area contributed by atoms with Gasteiger partial charge in [-0.3, -0.25) is 14.6 Å². The van der Waals surface area contributed by atoms with E-state index in [0.717, 1.165) is 56.6 Å². The molecule has 8 nitrogen and oxygen atoms in total. The van der Waals surface area contributed by atoms with Crippen LogP contribution in [-0.2, 0) is 21.2 Å². The van der Waals surface area contributed by atoms with E-state index >= 15 is 0 Å². The summed E-state index contributed by atoms with van der Waals surface area (Å²) in [6.45, 7) is 3.92. The quantitative estimate of drug-likeness (QED) is 0.666. The number of amides is 2. The number of carbonyl (C=O) groups is 2. The fraction of sp³-hybridized carbons (Fsp3) is 0.417. The van der Waals surface area contributed by atoms with Crippen LogP contribution in [0.2, 0.25) is 0 Å². The second-order valence-electron chi connectivity index (χ2n) is 8.81. The molecule has 0 unspecified atom stereocenters. The highest BCUT2D eigenvalue weighted by atomic mass is 32.2. The topological polar surface area (TPSA) is 114 Å². The van der Waals surface area contributed by atoms with Crippen molar-refractivity contribution < 1.29 is 18.0 Å². The molecule has 1 radical (unpaired) electrons. The normalized spacial score (nSPS) is 18.7. The first-order valence-electron chi connectivity index (χ1n) is 11.2. The van der Waals surface area contributed by atoms with Crippen molar-refractivity contribution >= 4 is 21.0 Å². The summed E-state index contributed by atoms with van der Waals surface area (Å²) in [5.74, 6) is 0.191. The third kappa shape index (κ3) is 5.09. The van der Waals surface area contributed by atoms with Gasteiger partial charge in [0.15, 0.2) is 0 Å². The van der Waals surface area contributed by atoms with Gasteiger partial charge in [0.2, 0.25) is 5.91 Å². The summed E-state index contributed by atoms with van der Waals surface area (Å²) in [5, 5.41) is -1.37. The summed E-state index contributed by atoms with van der Waals surface area (Å²) in [5.41, 5.74) is 6.48. The Balaban J connectivity index is 1.28. The van der Waals surface area contributed by atoms with E-state index in [1.54, 1.807) is 18.3 Å². The second kappa shape index (κ2) is 9.61. The molecule has 1 spiro atoms. The van der Waals surface area contributed by atoms with Gasteiger partial charge in [0.25, 0.3) is 9.84 Å². The smallest absolute Gasteiger partial charge is 0.338 e. The first-order chi connectivity index (χ1) is 15.8. The molecule has 3 heterocycles. The van der Waals surface area contributed by atoms with E-state index in [-0.39, 0.29) is 16.2 Å². The molecule has 2 fully saturated rings. The Morgan fingerprint density at radius 3 is 2.39 bits per heavy atom. The molecule has 0 bridgehead atoms. The van der Waals surface area contributed by atoms with Crippen molar-refractivity contribution in [2.24, 2.45) is 11.1 Å². The molecule has 9 heteroatoms. The monoisotopic (exact) mass is 469 g/mol. The molecule has 33 heavy (non-hydrogen) atoms. The lowest BCUT2D eigenvalue weighted by Gasteiger charge is -2.38. The number of piperidine rings is 1. The lowest BCUT2D eigenvalue weighted by Crippen LogP contribution is -2.44. The van der Waals surface area contributed by atoms with Crippen molar-refractivity contribution in [2.45, 2.75) is 37.1 Å². The highest BCUT2D eigenvalue weighted by Gasteiger charge is 2.47. The lowest BCUT2D eigenvalue weighted by molar-refractivity contribution is -0.138. The summed E-state index contributed by atoms with van der Waals surface area (Å²) in [6, 6.07) is 11.9. The number of aromatic nitrogens is 1. The van der Waals surface area contributed by atoms with E-state index in [1.807, 2.05) is 23.1 Å². The number of hydrogen-bond donors (Lipinski definition) is 1. The summed E-state index contributed by atoms with van der Waals surface area (Å²) in [4.78, 5) is 32.8. The SMILES string of the molecule is NC(=O)S(=O)(=O)c1ccc(CN2CCC3(CCN(CC[CH]c4ccccn4)CC3)C2=O)cc1. The number of benzene rings is 1. The molecule has 0 saturated carbocycles. The lowest BCUT2D eigenvalue weighted by atomic mass is 9.77. The predicted octanol–water partition coefficient (Wildman–Crippen LogP) is 2.39. The highest BCUT2D eigenvalue weighted by molar-refractivity contribution is 8.06. The number of carbonyl (C=O) groups excluding carboxylic acids is 2. The molecule has 0 aliphatic carbocycles. The van der Waals surface area contributed by atoms with Crippen molar-refractivity contribution in [1.29, 1.82) is 0 Å². The zero-order valence-corrected chi connectivity index (χ0v) is 19.3. The van der Waals surface area contributed by atoms with Gasteiger partial charge in [0.1, 0.15) is 0 Å². The van der Waals surface area contributed by atoms with Crippen molar-refractivity contribution in [3.8, 4) is 0 Å². The third-order valence-corrected chi connectivity index (χ3v) is 8.20. The predicted molar refractivity (Wildman–Crippen MR) is 124 cm³/mol. The average Bonchev–Trinajstić information content (AvgIpc) is 3.11. The van der Waals surface area contributed by atoms with Crippen molar-refractivity contribution in [3.05, 3.63) is 66.3 Å².